The highest BCUT2D eigenvalue weighted by Crippen LogP contribution is 2.32. The van der Waals surface area contributed by atoms with E-state index in [1.165, 1.54) is 25.7 Å². The molecule has 3 aliphatic heterocycles. The van der Waals surface area contributed by atoms with Crippen LogP contribution in [0, 0.1) is 0 Å². The molecule has 6 amide bonds. The molecule has 44 heteroatoms. The zero-order valence-corrected chi connectivity index (χ0v) is 74.0. The second kappa shape index (κ2) is 59.0. The third-order valence-electron chi connectivity index (χ3n) is 18.3. The maximum Gasteiger partial charge on any atom is 0.303 e. The Morgan fingerprint density at radius 2 is 0.638 bits per heavy atom. The standard InChI is InChI=1S/C83H123N7O37/c1-14-15-27-112-64-22-20-63(21-23-64)62-18-16-61(17-19-62)43-65(80(105)86-26-30-108-33-36-111-39-42-115-83-73(89-51(4)93)79(124-60(13)102)76(121-57(10)99)68(127-83)48-118-54(7)96)90(44-69(103)84-24-28-106-31-34-109-37-40-113-81-71(87-49(2)91)77(122-58(11)100)74(119-55(8)97)66(125-81)46-116-52(5)94)45-70(104)85-25-29-107-32-35-110-38-41-114-82-72(88-50(3)92)78(123-59(12)101)75(120-56(9)98)67(126-82)47-117-53(6)95/h16-23,65-68,71-79,81-83H,14-15,24-48H2,1-13H3,(H,84,103)(H,85,104)(H,86,105)(H,87,91)(H,88,92)(H,89,93)/t65?,66-,67-,68-,71-,72-,73-,74+,75+,76+,77-,78-,79-,81-,82-,83-/m1/s1. The molecule has 0 aliphatic carbocycles. The third-order valence-corrected chi connectivity index (χ3v) is 18.3. The van der Waals surface area contributed by atoms with Crippen molar-refractivity contribution in [1.82, 2.24) is 36.8 Å². The van der Waals surface area contributed by atoms with Crippen LogP contribution in [0.2, 0.25) is 0 Å². The fourth-order valence-corrected chi connectivity index (χ4v) is 13.1. The Labute approximate surface area is 735 Å². The summed E-state index contributed by atoms with van der Waals surface area (Å²) in [6.07, 6.45) is -13.7. The van der Waals surface area contributed by atoms with E-state index >= 15 is 0 Å². The summed E-state index contributed by atoms with van der Waals surface area (Å²) in [7, 11) is 0. The van der Waals surface area contributed by atoms with Gasteiger partial charge in [0.2, 0.25) is 35.4 Å². The number of nitrogens with zero attached hydrogens (tertiary/aromatic N) is 1. The average molecular weight is 1810 g/mol. The summed E-state index contributed by atoms with van der Waals surface area (Å²) >= 11 is 0. The number of rotatable bonds is 58. The highest BCUT2D eigenvalue weighted by molar-refractivity contribution is 5.86. The second-order valence-corrected chi connectivity index (χ2v) is 29.0. The van der Waals surface area contributed by atoms with Crippen molar-refractivity contribution in [2.45, 2.75) is 207 Å². The lowest BCUT2D eigenvalue weighted by Crippen LogP contribution is -2.66. The number of ether oxygens (including phenoxy) is 22. The molecule has 3 fully saturated rings. The molecular formula is C83H123N7O37. The van der Waals surface area contributed by atoms with E-state index in [-0.39, 0.29) is 125 Å². The lowest BCUT2D eigenvalue weighted by Gasteiger charge is -2.44. The second-order valence-electron chi connectivity index (χ2n) is 29.0. The molecule has 3 aliphatic rings. The van der Waals surface area contributed by atoms with Gasteiger partial charge in [0, 0.05) is 103 Å². The molecule has 3 heterocycles. The lowest BCUT2D eigenvalue weighted by atomic mass is 9.96. The summed E-state index contributed by atoms with van der Waals surface area (Å²) in [5.74, 6) is -9.50. The Kier molecular flexibility index (Phi) is 49.8. The summed E-state index contributed by atoms with van der Waals surface area (Å²) < 4.78 is 125. The van der Waals surface area contributed by atoms with Crippen LogP contribution in [0.25, 0.3) is 11.1 Å². The van der Waals surface area contributed by atoms with Gasteiger partial charge < -0.3 is 136 Å². The molecule has 3 saturated heterocycles. The number of carbonyl (C=O) groups excluding carboxylic acids is 15. The molecule has 127 heavy (non-hydrogen) atoms. The minimum absolute atomic E-state index is 0.0118. The fourth-order valence-electron chi connectivity index (χ4n) is 13.1. The SMILES string of the molecule is CCCCOc1ccc(-c2ccc(CC(C(=O)NCCOCCOCCO[C@@H]3O[C@H](COC(C)=O)[C@H](OC(C)=O)[C@H](OC(C)=O)[C@H]3NC(C)=O)N(CC(=O)NCCOCCOCCO[C@@H]3O[C@H](COC(C)=O)[C@H](OC(C)=O)[C@H](OC(C)=O)[C@H]3NC(C)=O)CC(=O)NCCOCCOCCO[C@@H]3O[C@H](COC(C)=O)[C@H](OC(C)=O)[C@H](OC(C)=O)[C@H]3NC(C)=O)cc2)cc1. The zero-order chi connectivity index (χ0) is 93.3. The van der Waals surface area contributed by atoms with Crippen molar-refractivity contribution in [1.29, 1.82) is 0 Å². The largest absolute Gasteiger partial charge is 0.494 e. The van der Waals surface area contributed by atoms with E-state index in [0.29, 0.717) is 17.9 Å². The minimum Gasteiger partial charge on any atom is -0.494 e. The Morgan fingerprint density at radius 1 is 0.346 bits per heavy atom. The van der Waals surface area contributed by atoms with Crippen molar-refractivity contribution in [3.8, 4) is 16.9 Å². The summed E-state index contributed by atoms with van der Waals surface area (Å²) in [6, 6.07) is 10.2. The summed E-state index contributed by atoms with van der Waals surface area (Å²) in [4.78, 5) is 191. The first-order valence-corrected chi connectivity index (χ1v) is 41.5. The topological polar surface area (TPSA) is 535 Å². The van der Waals surface area contributed by atoms with Crippen molar-refractivity contribution in [2.24, 2.45) is 0 Å². The van der Waals surface area contributed by atoms with Gasteiger partial charge in [-0.15, -0.1) is 0 Å². The molecule has 2 aromatic carbocycles. The zero-order valence-electron chi connectivity index (χ0n) is 74.0. The highest BCUT2D eigenvalue weighted by atomic mass is 16.7. The first-order chi connectivity index (χ1) is 60.6. The Bertz CT molecular complexity index is 3680. The van der Waals surface area contributed by atoms with Crippen LogP contribution in [-0.2, 0) is 178 Å². The molecule has 5 rings (SSSR count). The summed E-state index contributed by atoms with van der Waals surface area (Å²) in [6.45, 7) is 13.3. The van der Waals surface area contributed by atoms with Crippen LogP contribution in [0.15, 0.2) is 48.5 Å². The van der Waals surface area contributed by atoms with Gasteiger partial charge in [0.1, 0.15) is 62.0 Å². The van der Waals surface area contributed by atoms with Gasteiger partial charge in [0.15, 0.2) is 55.5 Å². The van der Waals surface area contributed by atoms with E-state index in [0.717, 1.165) is 86.3 Å². The molecule has 0 spiro atoms. The average Bonchev–Trinajstić information content (AvgIpc) is 0.794. The van der Waals surface area contributed by atoms with Crippen LogP contribution >= 0.6 is 0 Å². The van der Waals surface area contributed by atoms with E-state index in [1.807, 2.05) is 48.5 Å². The third kappa shape index (κ3) is 42.1. The molecule has 1 unspecified atom stereocenters. The van der Waals surface area contributed by atoms with Crippen LogP contribution in [0.5, 0.6) is 5.75 Å². The number of unbranched alkanes of at least 4 members (excludes halogenated alkanes) is 1. The molecule has 0 bridgehead atoms. The monoisotopic (exact) mass is 1810 g/mol. The van der Waals surface area contributed by atoms with Crippen molar-refractivity contribution < 1.29 is 176 Å². The smallest absolute Gasteiger partial charge is 0.303 e. The number of esters is 9. The number of carbonyl (C=O) groups is 15. The van der Waals surface area contributed by atoms with E-state index in [1.54, 1.807) is 0 Å². The highest BCUT2D eigenvalue weighted by Gasteiger charge is 2.54. The van der Waals surface area contributed by atoms with Gasteiger partial charge in [-0.25, -0.2) is 0 Å². The number of nitrogens with one attached hydrogen (secondary N) is 6. The number of amides is 6. The normalized spacial score (nSPS) is 22.1. The van der Waals surface area contributed by atoms with Crippen molar-refractivity contribution in [3.63, 3.8) is 0 Å². The maximum atomic E-state index is 14.8. The van der Waals surface area contributed by atoms with Crippen LogP contribution in [0.1, 0.15) is 108 Å². The molecule has 0 radical (unpaired) electrons. The van der Waals surface area contributed by atoms with Crippen molar-refractivity contribution in [3.05, 3.63) is 54.1 Å². The van der Waals surface area contributed by atoms with E-state index in [4.69, 9.17) is 104 Å². The van der Waals surface area contributed by atoms with E-state index in [9.17, 15) is 71.9 Å². The first-order valence-electron chi connectivity index (χ1n) is 41.5. The predicted molar refractivity (Wildman–Crippen MR) is 435 cm³/mol. The van der Waals surface area contributed by atoms with Gasteiger partial charge in [-0.2, -0.15) is 0 Å². The molecule has 712 valence electrons. The fraction of sp³-hybridized carbons (Fsp3) is 0.675. The van der Waals surface area contributed by atoms with E-state index in [2.05, 4.69) is 38.8 Å². The lowest BCUT2D eigenvalue weighted by molar-refractivity contribution is -0.279. The molecule has 6 N–H and O–H groups in total. The van der Waals surface area contributed by atoms with Gasteiger partial charge >= 0.3 is 53.7 Å². The number of hydrogen-bond donors (Lipinski definition) is 6. The number of benzene rings is 2. The molecule has 16 atom stereocenters. The van der Waals surface area contributed by atoms with Crippen molar-refractivity contribution in [2.75, 3.05) is 158 Å². The Hall–Kier alpha value is -10.2. The van der Waals surface area contributed by atoms with Gasteiger partial charge in [0.25, 0.3) is 0 Å². The number of hydrogen-bond acceptors (Lipinski definition) is 38. The van der Waals surface area contributed by atoms with Gasteiger partial charge in [0.05, 0.1) is 125 Å². The predicted octanol–water partition coefficient (Wildman–Crippen LogP) is -0.788. The maximum absolute atomic E-state index is 14.8. The van der Waals surface area contributed by atoms with E-state index < -0.39 is 220 Å². The van der Waals surface area contributed by atoms with Crippen LogP contribution < -0.4 is 36.6 Å². The van der Waals surface area contributed by atoms with Crippen LogP contribution in [0.3, 0.4) is 0 Å². The molecule has 2 aromatic rings. The van der Waals surface area contributed by atoms with Crippen LogP contribution in [-0.4, -0.2) is 350 Å². The molecular weight excluding hydrogens is 1690 g/mol. The van der Waals surface area contributed by atoms with Crippen molar-refractivity contribution >= 4 is 89.2 Å². The van der Waals surface area contributed by atoms with Gasteiger partial charge in [-0.05, 0) is 41.7 Å². The van der Waals surface area contributed by atoms with Gasteiger partial charge in [-0.1, -0.05) is 49.7 Å². The Morgan fingerprint density at radius 3 is 0.937 bits per heavy atom. The molecule has 0 aromatic heterocycles. The molecule has 0 saturated carbocycles. The van der Waals surface area contributed by atoms with Crippen LogP contribution in [0.4, 0.5) is 0 Å². The Balaban J connectivity index is 1.26. The molecule has 44 nitrogen and oxygen atoms in total. The summed E-state index contributed by atoms with van der Waals surface area (Å²) in [5, 5.41) is 16.3. The summed E-state index contributed by atoms with van der Waals surface area (Å²) in [5.41, 5.74) is 2.39. The minimum atomic E-state index is -1.34. The quantitative estimate of drug-likeness (QED) is 0.0268. The first kappa shape index (κ1) is 107. The van der Waals surface area contributed by atoms with Gasteiger partial charge in [-0.3, -0.25) is 76.8 Å².